The number of nitrogens with one attached hydrogen (secondary N) is 1. The number of ether oxygens (including phenoxy) is 1. The number of nitrogens with zero attached hydrogens (tertiary/aromatic N) is 3. The van der Waals surface area contributed by atoms with Crippen molar-refractivity contribution in [3.63, 3.8) is 0 Å². The van der Waals surface area contributed by atoms with E-state index < -0.39 is 43.2 Å². The lowest BCUT2D eigenvalue weighted by molar-refractivity contribution is -0.122. The Hall–Kier alpha value is -3.73. The summed E-state index contributed by atoms with van der Waals surface area (Å²) in [6, 6.07) is 9.30. The summed E-state index contributed by atoms with van der Waals surface area (Å²) in [4.78, 5) is 35.4. The highest BCUT2D eigenvalue weighted by Crippen LogP contribution is 2.44. The molecule has 35 heavy (non-hydrogen) atoms. The van der Waals surface area contributed by atoms with Crippen LogP contribution in [0, 0.1) is 0 Å². The lowest BCUT2D eigenvalue weighted by Gasteiger charge is -2.25. The number of alkyl halides is 4. The molecule has 0 spiro atoms. The molecule has 1 atom stereocenters. The fraction of sp³-hybridized carbons (Fsp3) is 0.217. The van der Waals surface area contributed by atoms with Gasteiger partial charge in [-0.05, 0) is 25.1 Å². The monoisotopic (exact) mass is 508 g/mol. The first kappa shape index (κ1) is 24.4. The molecule has 0 fully saturated rings. The third kappa shape index (κ3) is 5.04. The molecule has 0 bridgehead atoms. The molecule has 12 heteroatoms. The van der Waals surface area contributed by atoms with Crippen molar-refractivity contribution in [2.24, 2.45) is 0 Å². The number of fused-ring (bicyclic) bond motifs is 3. The molecule has 1 aliphatic heterocycles. The number of hydrogen-bond acceptors (Lipinski definition) is 5. The second kappa shape index (κ2) is 9.87. The predicted molar refractivity (Wildman–Crippen MR) is 120 cm³/mol. The minimum absolute atomic E-state index is 0.0347. The molecule has 0 unspecified atom stereocenters. The number of carbonyl (C=O) groups excluding carboxylic acids is 2. The zero-order valence-corrected chi connectivity index (χ0v) is 18.8. The summed E-state index contributed by atoms with van der Waals surface area (Å²) in [6.45, 7) is -2.14. The third-order valence-electron chi connectivity index (χ3n) is 5.33. The summed E-state index contributed by atoms with van der Waals surface area (Å²) >= 11 is 6.33. The Morgan fingerprint density at radius 1 is 1.20 bits per heavy atom. The number of aromatic nitrogens is 2. The standard InChI is InChI=1S/C23H17ClF4N4O3/c1-11-19-14(3-2-8-29-19)18-15(9-17(31-20(18)24)35-23(27)28)32(22(11)34)10-16(33)30-13-6-4-12(5-7-13)21(25)26/h2-9,11,21,23H,10H2,1H3,(H,30,33)/t11-/m0/s1. The molecule has 3 aromatic rings. The number of anilines is 2. The van der Waals surface area contributed by atoms with Gasteiger partial charge in [-0.25, -0.2) is 13.8 Å². The molecular formula is C23H17ClF4N4O3. The molecule has 3 heterocycles. The minimum atomic E-state index is -3.20. The second-order valence-electron chi connectivity index (χ2n) is 7.58. The Kier molecular flexibility index (Phi) is 6.88. The van der Waals surface area contributed by atoms with E-state index in [2.05, 4.69) is 20.0 Å². The van der Waals surface area contributed by atoms with E-state index in [1.807, 2.05) is 0 Å². The molecule has 2 aromatic heterocycles. The molecule has 0 saturated heterocycles. The Morgan fingerprint density at radius 2 is 1.91 bits per heavy atom. The molecule has 1 aliphatic rings. The van der Waals surface area contributed by atoms with Gasteiger partial charge in [0.1, 0.15) is 11.7 Å². The molecular weight excluding hydrogens is 492 g/mol. The summed E-state index contributed by atoms with van der Waals surface area (Å²) in [6.07, 6.45) is -1.17. The first-order valence-corrected chi connectivity index (χ1v) is 10.6. The highest BCUT2D eigenvalue weighted by atomic mass is 35.5. The van der Waals surface area contributed by atoms with Gasteiger partial charge in [0.25, 0.3) is 6.43 Å². The van der Waals surface area contributed by atoms with Crippen LogP contribution in [-0.2, 0) is 9.59 Å². The average Bonchev–Trinajstić information content (AvgIpc) is 2.89. The van der Waals surface area contributed by atoms with Crippen molar-refractivity contribution in [1.29, 1.82) is 0 Å². The molecule has 2 amide bonds. The number of pyridine rings is 2. The van der Waals surface area contributed by atoms with Crippen LogP contribution in [0.2, 0.25) is 5.15 Å². The van der Waals surface area contributed by atoms with Crippen LogP contribution in [0.1, 0.15) is 30.5 Å². The normalized spacial score (nSPS) is 15.0. The highest BCUT2D eigenvalue weighted by Gasteiger charge is 2.35. The van der Waals surface area contributed by atoms with Crippen LogP contribution in [0.25, 0.3) is 11.1 Å². The highest BCUT2D eigenvalue weighted by molar-refractivity contribution is 6.33. The lowest BCUT2D eigenvalue weighted by atomic mass is 9.98. The topological polar surface area (TPSA) is 84.4 Å². The van der Waals surface area contributed by atoms with Crippen LogP contribution in [0.3, 0.4) is 0 Å². The SMILES string of the molecule is C[C@@H]1C(=O)N(CC(=O)Nc2ccc(C(F)F)cc2)c2cc(OC(F)F)nc(Cl)c2-c2cccnc21. The molecule has 7 nitrogen and oxygen atoms in total. The number of rotatable bonds is 6. The van der Waals surface area contributed by atoms with Gasteiger partial charge in [0.2, 0.25) is 17.7 Å². The van der Waals surface area contributed by atoms with E-state index in [1.165, 1.54) is 18.3 Å². The summed E-state index contributed by atoms with van der Waals surface area (Å²) in [5, 5.41) is 2.31. The van der Waals surface area contributed by atoms with E-state index in [0.717, 1.165) is 23.1 Å². The lowest BCUT2D eigenvalue weighted by Crippen LogP contribution is -2.40. The number of halogens is 5. The van der Waals surface area contributed by atoms with Gasteiger partial charge in [-0.3, -0.25) is 14.6 Å². The van der Waals surface area contributed by atoms with Crippen LogP contribution in [0.5, 0.6) is 5.88 Å². The molecule has 0 radical (unpaired) electrons. The van der Waals surface area contributed by atoms with Crippen molar-refractivity contribution >= 4 is 34.8 Å². The molecule has 1 N–H and O–H groups in total. The van der Waals surface area contributed by atoms with Gasteiger partial charge in [-0.1, -0.05) is 29.8 Å². The van der Waals surface area contributed by atoms with E-state index >= 15 is 0 Å². The molecule has 1 aromatic carbocycles. The predicted octanol–water partition coefficient (Wildman–Crippen LogP) is 5.42. The third-order valence-corrected chi connectivity index (χ3v) is 5.61. The summed E-state index contributed by atoms with van der Waals surface area (Å²) < 4.78 is 55.7. The largest absolute Gasteiger partial charge is 0.417 e. The van der Waals surface area contributed by atoms with Crippen molar-refractivity contribution < 1.29 is 31.9 Å². The first-order valence-electron chi connectivity index (χ1n) is 10.3. The van der Waals surface area contributed by atoms with Crippen LogP contribution >= 0.6 is 11.6 Å². The summed E-state index contributed by atoms with van der Waals surface area (Å²) in [5.74, 6) is -2.56. The van der Waals surface area contributed by atoms with Crippen molar-refractivity contribution in [3.05, 3.63) is 65.1 Å². The Bertz CT molecular complexity index is 1270. The smallest absolute Gasteiger partial charge is 0.388 e. The van der Waals surface area contributed by atoms with Gasteiger partial charge in [0, 0.05) is 34.6 Å². The number of carbonyl (C=O) groups is 2. The second-order valence-corrected chi connectivity index (χ2v) is 7.94. The fourth-order valence-electron chi connectivity index (χ4n) is 3.76. The number of amides is 2. The zero-order valence-electron chi connectivity index (χ0n) is 18.0. The molecule has 0 aliphatic carbocycles. The maximum Gasteiger partial charge on any atom is 0.388 e. The molecule has 182 valence electrons. The van der Waals surface area contributed by atoms with Crippen LogP contribution in [0.15, 0.2) is 48.7 Å². The van der Waals surface area contributed by atoms with Crippen LogP contribution in [-0.4, -0.2) is 34.9 Å². The van der Waals surface area contributed by atoms with E-state index in [4.69, 9.17) is 11.6 Å². The Labute approximate surface area is 201 Å². The number of hydrogen-bond donors (Lipinski definition) is 1. The number of benzene rings is 1. The summed E-state index contributed by atoms with van der Waals surface area (Å²) in [7, 11) is 0. The van der Waals surface area contributed by atoms with E-state index in [0.29, 0.717) is 11.3 Å². The van der Waals surface area contributed by atoms with Gasteiger partial charge in [0.05, 0.1) is 17.3 Å². The maximum atomic E-state index is 13.4. The van der Waals surface area contributed by atoms with Gasteiger partial charge in [-0.2, -0.15) is 8.78 Å². The minimum Gasteiger partial charge on any atom is -0.417 e. The fourth-order valence-corrected chi connectivity index (χ4v) is 4.04. The Morgan fingerprint density at radius 3 is 2.57 bits per heavy atom. The van der Waals surface area contributed by atoms with Gasteiger partial charge >= 0.3 is 6.61 Å². The van der Waals surface area contributed by atoms with E-state index in [1.54, 1.807) is 19.1 Å². The Balaban J connectivity index is 1.73. The van der Waals surface area contributed by atoms with Crippen LogP contribution < -0.4 is 15.0 Å². The van der Waals surface area contributed by atoms with Crippen molar-refractivity contribution in [1.82, 2.24) is 9.97 Å². The van der Waals surface area contributed by atoms with Crippen LogP contribution in [0.4, 0.5) is 28.9 Å². The zero-order chi connectivity index (χ0) is 25.3. The van der Waals surface area contributed by atoms with Crippen molar-refractivity contribution in [3.8, 4) is 17.0 Å². The van der Waals surface area contributed by atoms with Crippen molar-refractivity contribution in [2.75, 3.05) is 16.8 Å². The summed E-state index contributed by atoms with van der Waals surface area (Å²) in [5.41, 5.74) is 1.10. The quantitative estimate of drug-likeness (QED) is 0.355. The van der Waals surface area contributed by atoms with E-state index in [-0.39, 0.29) is 27.7 Å². The average molecular weight is 509 g/mol. The van der Waals surface area contributed by atoms with Gasteiger partial charge in [-0.15, -0.1) is 0 Å². The van der Waals surface area contributed by atoms with Gasteiger partial charge in [0.15, 0.2) is 0 Å². The molecule has 0 saturated carbocycles. The first-order chi connectivity index (χ1) is 16.7. The molecule has 4 rings (SSSR count). The van der Waals surface area contributed by atoms with E-state index in [9.17, 15) is 27.2 Å². The maximum absolute atomic E-state index is 13.4. The van der Waals surface area contributed by atoms with Crippen molar-refractivity contribution in [2.45, 2.75) is 25.9 Å². The van der Waals surface area contributed by atoms with Gasteiger partial charge < -0.3 is 15.0 Å².